The van der Waals surface area contributed by atoms with E-state index in [4.69, 9.17) is 20.1 Å². The van der Waals surface area contributed by atoms with Crippen molar-refractivity contribution in [3.63, 3.8) is 0 Å². The quantitative estimate of drug-likeness (QED) is 0.353. The Balaban J connectivity index is 2.64. The molecule has 0 aliphatic carbocycles. The van der Waals surface area contributed by atoms with Crippen LogP contribution < -0.4 is 0 Å². The monoisotopic (exact) mass is 164 g/mol. The van der Waals surface area contributed by atoms with Crippen molar-refractivity contribution in [2.45, 2.75) is 24.4 Å². The zero-order chi connectivity index (χ0) is 8.48. The summed E-state index contributed by atoms with van der Waals surface area (Å²) in [5.74, 6) is -1.99. The highest BCUT2D eigenvalue weighted by molar-refractivity contribution is 4.86. The highest BCUT2D eigenvalue weighted by Crippen LogP contribution is 2.22. The smallest absolute Gasteiger partial charge is 0.218 e. The Bertz CT molecular complexity index is 139. The van der Waals surface area contributed by atoms with Crippen molar-refractivity contribution in [3.05, 3.63) is 0 Å². The molecule has 0 amide bonds. The molecule has 0 radical (unpaired) electrons. The fourth-order valence-corrected chi connectivity index (χ4v) is 1.04. The third-order valence-electron chi connectivity index (χ3n) is 1.82. The first-order chi connectivity index (χ1) is 5.10. The van der Waals surface area contributed by atoms with E-state index >= 15 is 0 Å². The Morgan fingerprint density at radius 1 is 1.45 bits per heavy atom. The zero-order valence-corrected chi connectivity index (χ0v) is 5.97. The van der Waals surface area contributed by atoms with Crippen LogP contribution in [0.2, 0.25) is 0 Å². The summed E-state index contributed by atoms with van der Waals surface area (Å²) in [6, 6.07) is 0. The number of rotatable bonds is 1. The Hall–Kier alpha value is -0.200. The maximum Gasteiger partial charge on any atom is 0.218 e. The van der Waals surface area contributed by atoms with E-state index in [1.54, 1.807) is 0 Å². The number of ether oxygens (including phenoxy) is 1. The van der Waals surface area contributed by atoms with Gasteiger partial charge in [-0.2, -0.15) is 0 Å². The van der Waals surface area contributed by atoms with Crippen LogP contribution in [0.3, 0.4) is 0 Å². The van der Waals surface area contributed by atoms with Gasteiger partial charge in [0, 0.05) is 0 Å². The predicted octanol–water partition coefficient (Wildman–Crippen LogP) is -2.19. The van der Waals surface area contributed by atoms with E-state index < -0.39 is 24.6 Å². The van der Waals surface area contributed by atoms with Gasteiger partial charge in [0.15, 0.2) is 0 Å². The molecule has 0 aromatic carbocycles. The van der Waals surface area contributed by atoms with E-state index in [1.807, 2.05) is 0 Å². The average molecular weight is 164 g/mol. The molecule has 0 aromatic rings. The molecule has 0 spiro atoms. The first-order valence-electron chi connectivity index (χ1n) is 3.43. The lowest BCUT2D eigenvalue weighted by molar-refractivity contribution is -0.311. The topological polar surface area (TPSA) is 90.2 Å². The normalized spacial score (nSPS) is 45.8. The van der Waals surface area contributed by atoms with Crippen LogP contribution in [0.1, 0.15) is 6.42 Å². The van der Waals surface area contributed by atoms with Crippen molar-refractivity contribution < 1.29 is 25.2 Å². The molecule has 1 aliphatic heterocycles. The molecule has 1 heterocycles. The maximum absolute atomic E-state index is 9.24. The predicted molar refractivity (Wildman–Crippen MR) is 34.6 cm³/mol. The first kappa shape index (κ1) is 8.89. The van der Waals surface area contributed by atoms with Crippen molar-refractivity contribution in [2.24, 2.45) is 0 Å². The SMILES string of the molecule is OC[C@@]1(O)OCC[C@@H](O)[C@@H]1O. The van der Waals surface area contributed by atoms with Gasteiger partial charge >= 0.3 is 0 Å². The summed E-state index contributed by atoms with van der Waals surface area (Å²) in [6.45, 7) is -0.583. The van der Waals surface area contributed by atoms with E-state index in [0.29, 0.717) is 0 Å². The van der Waals surface area contributed by atoms with Crippen molar-refractivity contribution in [2.75, 3.05) is 13.2 Å². The first-order valence-corrected chi connectivity index (χ1v) is 3.43. The minimum absolute atomic E-state index is 0.134. The van der Waals surface area contributed by atoms with Gasteiger partial charge < -0.3 is 25.2 Å². The third kappa shape index (κ3) is 1.52. The van der Waals surface area contributed by atoms with Gasteiger partial charge in [-0.3, -0.25) is 0 Å². The van der Waals surface area contributed by atoms with Crippen LogP contribution >= 0.6 is 0 Å². The number of hydrogen-bond donors (Lipinski definition) is 4. The molecule has 1 fully saturated rings. The molecule has 4 N–H and O–H groups in total. The van der Waals surface area contributed by atoms with Gasteiger partial charge in [0.1, 0.15) is 6.10 Å². The molecule has 0 unspecified atom stereocenters. The zero-order valence-electron chi connectivity index (χ0n) is 5.97. The van der Waals surface area contributed by atoms with Gasteiger partial charge in [0.05, 0.1) is 19.3 Å². The van der Waals surface area contributed by atoms with Gasteiger partial charge in [0.2, 0.25) is 5.79 Å². The van der Waals surface area contributed by atoms with Crippen LogP contribution in [0, 0.1) is 0 Å². The second kappa shape index (κ2) is 3.04. The van der Waals surface area contributed by atoms with E-state index in [2.05, 4.69) is 0 Å². The molecule has 0 saturated carbocycles. The van der Waals surface area contributed by atoms with Gasteiger partial charge in [-0.15, -0.1) is 0 Å². The molecule has 5 nitrogen and oxygen atoms in total. The Kier molecular flexibility index (Phi) is 2.46. The lowest BCUT2D eigenvalue weighted by Gasteiger charge is -2.37. The van der Waals surface area contributed by atoms with Crippen LogP contribution in [-0.2, 0) is 4.74 Å². The average Bonchev–Trinajstić information content (AvgIpc) is 2.00. The van der Waals surface area contributed by atoms with Crippen LogP contribution in [-0.4, -0.2) is 51.6 Å². The second-order valence-electron chi connectivity index (χ2n) is 2.65. The van der Waals surface area contributed by atoms with Gasteiger partial charge in [-0.1, -0.05) is 0 Å². The maximum atomic E-state index is 9.24. The van der Waals surface area contributed by atoms with E-state index in [1.165, 1.54) is 0 Å². The van der Waals surface area contributed by atoms with Crippen molar-refractivity contribution in [1.29, 1.82) is 0 Å². The molecule has 66 valence electrons. The van der Waals surface area contributed by atoms with Gasteiger partial charge in [-0.05, 0) is 6.42 Å². The molecular weight excluding hydrogens is 152 g/mol. The minimum atomic E-state index is -1.99. The summed E-state index contributed by atoms with van der Waals surface area (Å²) in [5, 5.41) is 36.0. The highest BCUT2D eigenvalue weighted by atomic mass is 16.7. The molecule has 1 aliphatic rings. The molecule has 5 heteroatoms. The van der Waals surface area contributed by atoms with E-state index in [9.17, 15) is 5.11 Å². The summed E-state index contributed by atoms with van der Waals surface area (Å²) >= 11 is 0. The molecule has 1 saturated heterocycles. The fourth-order valence-electron chi connectivity index (χ4n) is 1.04. The van der Waals surface area contributed by atoms with Crippen LogP contribution in [0.4, 0.5) is 0 Å². The lowest BCUT2D eigenvalue weighted by atomic mass is 10.00. The Labute approximate surface area is 63.8 Å². The highest BCUT2D eigenvalue weighted by Gasteiger charge is 2.43. The number of aliphatic hydroxyl groups is 4. The van der Waals surface area contributed by atoms with E-state index in [0.717, 1.165) is 0 Å². The molecule has 11 heavy (non-hydrogen) atoms. The minimum Gasteiger partial charge on any atom is -0.391 e. The Morgan fingerprint density at radius 3 is 2.55 bits per heavy atom. The summed E-state index contributed by atoms with van der Waals surface area (Å²) in [5.41, 5.74) is 0. The molecular formula is C6H12O5. The van der Waals surface area contributed by atoms with Crippen LogP contribution in [0.15, 0.2) is 0 Å². The second-order valence-corrected chi connectivity index (χ2v) is 2.65. The lowest BCUT2D eigenvalue weighted by Crippen LogP contribution is -2.57. The third-order valence-corrected chi connectivity index (χ3v) is 1.82. The van der Waals surface area contributed by atoms with Crippen LogP contribution in [0.25, 0.3) is 0 Å². The van der Waals surface area contributed by atoms with E-state index in [-0.39, 0.29) is 13.0 Å². The van der Waals surface area contributed by atoms with Crippen LogP contribution in [0.5, 0.6) is 0 Å². The fraction of sp³-hybridized carbons (Fsp3) is 1.00. The van der Waals surface area contributed by atoms with Crippen molar-refractivity contribution >= 4 is 0 Å². The molecule has 0 aromatic heterocycles. The van der Waals surface area contributed by atoms with Gasteiger partial charge in [0.25, 0.3) is 0 Å². The van der Waals surface area contributed by atoms with Crippen molar-refractivity contribution in [1.82, 2.24) is 0 Å². The molecule has 3 atom stereocenters. The van der Waals surface area contributed by atoms with Gasteiger partial charge in [-0.25, -0.2) is 0 Å². The molecule has 1 rings (SSSR count). The number of aliphatic hydroxyl groups excluding tert-OH is 3. The summed E-state index contributed by atoms with van der Waals surface area (Å²) < 4.78 is 4.69. The summed E-state index contributed by atoms with van der Waals surface area (Å²) in [6.07, 6.45) is -2.19. The Morgan fingerprint density at radius 2 is 2.09 bits per heavy atom. The van der Waals surface area contributed by atoms with Crippen molar-refractivity contribution in [3.8, 4) is 0 Å². The standard InChI is InChI=1S/C6H12O5/c7-3-6(10)5(9)4(8)1-2-11-6/h4-5,7-10H,1-3H2/t4-,5+,6-/m1/s1. The summed E-state index contributed by atoms with van der Waals surface area (Å²) in [4.78, 5) is 0. The molecule has 0 bridgehead atoms. The largest absolute Gasteiger partial charge is 0.391 e. The summed E-state index contributed by atoms with van der Waals surface area (Å²) in [7, 11) is 0. The number of hydrogen-bond acceptors (Lipinski definition) is 5.